The highest BCUT2D eigenvalue weighted by atomic mass is 16.5. The minimum atomic E-state index is -0.0279. The van der Waals surface area contributed by atoms with Gasteiger partial charge in [-0.1, -0.05) is 0 Å². The minimum absolute atomic E-state index is 0.0142. The summed E-state index contributed by atoms with van der Waals surface area (Å²) < 4.78 is 10.4. The Balaban J connectivity index is 1.84. The van der Waals surface area contributed by atoms with Gasteiger partial charge in [-0.3, -0.25) is 14.5 Å². The fraction of sp³-hybridized carbons (Fsp3) is 0.842. The van der Waals surface area contributed by atoms with E-state index in [1.165, 1.54) is 0 Å². The number of nitrogens with zero attached hydrogens (tertiary/aromatic N) is 4. The Kier molecular flexibility index (Phi) is 10.2. The maximum Gasteiger partial charge on any atom is 0.243 e. The van der Waals surface area contributed by atoms with E-state index in [0.29, 0.717) is 25.6 Å². The summed E-state index contributed by atoms with van der Waals surface area (Å²) in [5.74, 6) is 1.22. The first kappa shape index (κ1) is 23.4. The number of nitrogens with one attached hydrogen (secondary N) is 2. The molecule has 2 saturated heterocycles. The third-order valence-corrected chi connectivity index (χ3v) is 5.10. The standard InChI is InChI=1S/C19H36N6O4/c1-23(2)18(27)13-22-19(21-12-16-4-10-29-15-16)25-8-6-24(7-9-25)14-17(26)20-5-11-28-3/h16H,4-15H2,1-3H3,(H,20,26)(H,21,22). The van der Waals surface area contributed by atoms with Crippen LogP contribution in [0.1, 0.15) is 6.42 Å². The van der Waals surface area contributed by atoms with Crippen LogP contribution in [0.4, 0.5) is 0 Å². The second-order valence-electron chi connectivity index (χ2n) is 7.64. The van der Waals surface area contributed by atoms with E-state index in [1.807, 2.05) is 0 Å². The molecule has 0 aromatic rings. The number of rotatable bonds is 9. The summed E-state index contributed by atoms with van der Waals surface area (Å²) in [6, 6.07) is 0. The monoisotopic (exact) mass is 412 g/mol. The average Bonchev–Trinajstić information content (AvgIpc) is 3.22. The topological polar surface area (TPSA) is 98.7 Å². The van der Waals surface area contributed by atoms with E-state index >= 15 is 0 Å². The Morgan fingerprint density at radius 1 is 1.21 bits per heavy atom. The molecule has 166 valence electrons. The number of likely N-dealkylation sites (N-methyl/N-ethyl adjacent to an activating group) is 1. The van der Waals surface area contributed by atoms with Crippen LogP contribution in [0.5, 0.6) is 0 Å². The Morgan fingerprint density at radius 2 is 1.97 bits per heavy atom. The van der Waals surface area contributed by atoms with Gasteiger partial charge in [-0.2, -0.15) is 0 Å². The van der Waals surface area contributed by atoms with Gasteiger partial charge in [0.15, 0.2) is 5.96 Å². The molecule has 1 atom stereocenters. The summed E-state index contributed by atoms with van der Waals surface area (Å²) in [6.07, 6.45) is 1.04. The highest BCUT2D eigenvalue weighted by molar-refractivity contribution is 5.85. The zero-order valence-electron chi connectivity index (χ0n) is 18.0. The predicted molar refractivity (Wildman–Crippen MR) is 111 cm³/mol. The van der Waals surface area contributed by atoms with Gasteiger partial charge in [0.1, 0.15) is 6.54 Å². The number of carbonyl (C=O) groups is 2. The molecule has 10 nitrogen and oxygen atoms in total. The first-order valence-electron chi connectivity index (χ1n) is 10.3. The molecule has 0 spiro atoms. The third-order valence-electron chi connectivity index (χ3n) is 5.10. The molecule has 2 N–H and O–H groups in total. The van der Waals surface area contributed by atoms with Gasteiger partial charge in [0.25, 0.3) is 0 Å². The van der Waals surface area contributed by atoms with E-state index in [-0.39, 0.29) is 18.4 Å². The number of aliphatic imine (C=N–C) groups is 1. The van der Waals surface area contributed by atoms with E-state index in [9.17, 15) is 9.59 Å². The van der Waals surface area contributed by atoms with Gasteiger partial charge in [0.05, 0.1) is 19.8 Å². The Hall–Kier alpha value is -1.91. The van der Waals surface area contributed by atoms with Crippen LogP contribution in [0.15, 0.2) is 4.99 Å². The van der Waals surface area contributed by atoms with Gasteiger partial charge in [-0.25, -0.2) is 4.99 Å². The lowest BCUT2D eigenvalue weighted by atomic mass is 10.1. The van der Waals surface area contributed by atoms with E-state index in [0.717, 1.165) is 58.3 Å². The molecule has 0 aliphatic carbocycles. The lowest BCUT2D eigenvalue weighted by Gasteiger charge is -2.36. The largest absolute Gasteiger partial charge is 0.383 e. The van der Waals surface area contributed by atoms with Gasteiger partial charge in [-0.15, -0.1) is 0 Å². The molecule has 0 radical (unpaired) electrons. The van der Waals surface area contributed by atoms with Gasteiger partial charge < -0.3 is 29.9 Å². The van der Waals surface area contributed by atoms with Crippen LogP contribution in [-0.2, 0) is 19.1 Å². The van der Waals surface area contributed by atoms with Crippen molar-refractivity contribution in [1.82, 2.24) is 25.3 Å². The SMILES string of the molecule is COCCNC(=O)CN1CCN(C(=NCC(=O)N(C)C)NCC2CCOC2)CC1. The molecule has 2 aliphatic rings. The van der Waals surface area contributed by atoms with Crippen LogP contribution >= 0.6 is 0 Å². The van der Waals surface area contributed by atoms with Crippen molar-refractivity contribution in [2.45, 2.75) is 6.42 Å². The van der Waals surface area contributed by atoms with Crippen molar-refractivity contribution in [1.29, 1.82) is 0 Å². The summed E-state index contributed by atoms with van der Waals surface area (Å²) in [7, 11) is 5.08. The molecule has 0 saturated carbocycles. The molecule has 2 amide bonds. The molecule has 0 aromatic heterocycles. The number of hydrogen-bond donors (Lipinski definition) is 2. The quantitative estimate of drug-likeness (QED) is 0.268. The fourth-order valence-corrected chi connectivity index (χ4v) is 3.20. The number of ether oxygens (including phenoxy) is 2. The Bertz CT molecular complexity index is 543. The highest BCUT2D eigenvalue weighted by Crippen LogP contribution is 2.11. The third kappa shape index (κ3) is 8.55. The van der Waals surface area contributed by atoms with Crippen LogP contribution in [-0.4, -0.2) is 126 Å². The molecule has 2 aliphatic heterocycles. The van der Waals surface area contributed by atoms with Crippen molar-refractivity contribution in [3.8, 4) is 0 Å². The van der Waals surface area contributed by atoms with E-state index in [2.05, 4.69) is 25.4 Å². The van der Waals surface area contributed by atoms with Gasteiger partial charge in [0.2, 0.25) is 11.8 Å². The average molecular weight is 413 g/mol. The van der Waals surface area contributed by atoms with Crippen LogP contribution in [0, 0.1) is 5.92 Å². The zero-order valence-corrected chi connectivity index (χ0v) is 18.0. The van der Waals surface area contributed by atoms with Crippen LogP contribution < -0.4 is 10.6 Å². The molecule has 1 unspecified atom stereocenters. The molecule has 0 aromatic carbocycles. The molecular formula is C19H36N6O4. The molecule has 2 fully saturated rings. The van der Waals surface area contributed by atoms with Crippen molar-refractivity contribution in [2.75, 3.05) is 93.4 Å². The number of piperazine rings is 1. The summed E-state index contributed by atoms with van der Waals surface area (Å²) in [6.45, 7) is 6.98. The first-order valence-corrected chi connectivity index (χ1v) is 10.3. The van der Waals surface area contributed by atoms with Gasteiger partial charge in [-0.05, 0) is 6.42 Å². The van der Waals surface area contributed by atoms with Crippen LogP contribution in [0.3, 0.4) is 0 Å². The number of guanidine groups is 1. The van der Waals surface area contributed by atoms with Gasteiger partial charge >= 0.3 is 0 Å². The van der Waals surface area contributed by atoms with Gasteiger partial charge in [0, 0.05) is 73.0 Å². The minimum Gasteiger partial charge on any atom is -0.383 e. The smallest absolute Gasteiger partial charge is 0.243 e. The maximum atomic E-state index is 12.0. The molecule has 2 rings (SSSR count). The lowest BCUT2D eigenvalue weighted by Crippen LogP contribution is -2.54. The van der Waals surface area contributed by atoms with E-state index in [1.54, 1.807) is 26.1 Å². The molecule has 29 heavy (non-hydrogen) atoms. The summed E-state index contributed by atoms with van der Waals surface area (Å²) in [5.41, 5.74) is 0. The van der Waals surface area contributed by atoms with Crippen molar-refractivity contribution in [2.24, 2.45) is 10.9 Å². The number of carbonyl (C=O) groups excluding carboxylic acids is 2. The molecule has 2 heterocycles. The van der Waals surface area contributed by atoms with Crippen molar-refractivity contribution in [3.63, 3.8) is 0 Å². The maximum absolute atomic E-state index is 12.0. The summed E-state index contributed by atoms with van der Waals surface area (Å²) in [5, 5.41) is 6.28. The van der Waals surface area contributed by atoms with E-state index < -0.39 is 0 Å². The number of hydrogen-bond acceptors (Lipinski definition) is 6. The van der Waals surface area contributed by atoms with Crippen molar-refractivity contribution < 1.29 is 19.1 Å². The number of methoxy groups -OCH3 is 1. The normalized spacial score (nSPS) is 20.6. The molecule has 0 bridgehead atoms. The van der Waals surface area contributed by atoms with E-state index in [4.69, 9.17) is 9.47 Å². The van der Waals surface area contributed by atoms with Crippen LogP contribution in [0.2, 0.25) is 0 Å². The predicted octanol–water partition coefficient (Wildman–Crippen LogP) is -1.56. The Morgan fingerprint density at radius 3 is 2.59 bits per heavy atom. The highest BCUT2D eigenvalue weighted by Gasteiger charge is 2.23. The summed E-state index contributed by atoms with van der Waals surface area (Å²) >= 11 is 0. The Labute approximate surface area is 173 Å². The lowest BCUT2D eigenvalue weighted by molar-refractivity contribution is -0.127. The van der Waals surface area contributed by atoms with Crippen molar-refractivity contribution in [3.05, 3.63) is 0 Å². The molecule has 10 heteroatoms. The van der Waals surface area contributed by atoms with Crippen LogP contribution in [0.25, 0.3) is 0 Å². The number of amides is 2. The summed E-state index contributed by atoms with van der Waals surface area (Å²) in [4.78, 5) is 34.3. The zero-order chi connectivity index (χ0) is 21.1. The fourth-order valence-electron chi connectivity index (χ4n) is 3.20. The van der Waals surface area contributed by atoms with Crippen molar-refractivity contribution >= 4 is 17.8 Å². The second-order valence-corrected chi connectivity index (χ2v) is 7.64. The molecular weight excluding hydrogens is 376 g/mol. The first-order chi connectivity index (χ1) is 14.0. The second kappa shape index (κ2) is 12.6.